The van der Waals surface area contributed by atoms with Crippen LogP contribution in [0.1, 0.15) is 33.6 Å². The van der Waals surface area contributed by atoms with Crippen molar-refractivity contribution < 1.29 is 10.2 Å². The van der Waals surface area contributed by atoms with Crippen LogP contribution in [0.2, 0.25) is 0 Å². The number of hydrogen-bond donors (Lipinski definition) is 3. The summed E-state index contributed by atoms with van der Waals surface area (Å²) in [6.45, 7) is 6.67. The number of nitrogens with one attached hydrogen (secondary N) is 1. The van der Waals surface area contributed by atoms with E-state index in [-0.39, 0.29) is 6.10 Å². The van der Waals surface area contributed by atoms with Gasteiger partial charge < -0.3 is 15.5 Å². The lowest BCUT2D eigenvalue weighted by molar-refractivity contribution is 0.0469. The van der Waals surface area contributed by atoms with Crippen LogP contribution in [-0.2, 0) is 0 Å². The molecule has 0 rings (SSSR count). The Labute approximate surface area is 74.8 Å². The Morgan fingerprint density at radius 3 is 2.50 bits per heavy atom. The second-order valence-electron chi connectivity index (χ2n) is 3.73. The fourth-order valence-corrected chi connectivity index (χ4v) is 1.18. The quantitative estimate of drug-likeness (QED) is 0.551. The molecule has 74 valence electrons. The third-order valence-electron chi connectivity index (χ3n) is 1.73. The molecule has 0 aliphatic heterocycles. The fourth-order valence-electron chi connectivity index (χ4n) is 1.18. The molecule has 0 spiro atoms. The minimum Gasteiger partial charge on any atom is -0.392 e. The van der Waals surface area contributed by atoms with Gasteiger partial charge in [-0.2, -0.15) is 0 Å². The van der Waals surface area contributed by atoms with Gasteiger partial charge in [-0.1, -0.05) is 13.3 Å². The van der Waals surface area contributed by atoms with Crippen LogP contribution in [0.3, 0.4) is 0 Å². The van der Waals surface area contributed by atoms with Crippen LogP contribution in [-0.4, -0.2) is 35.0 Å². The minimum atomic E-state index is -0.635. The van der Waals surface area contributed by atoms with Gasteiger partial charge in [0.05, 0.1) is 11.7 Å². The van der Waals surface area contributed by atoms with Crippen LogP contribution in [0, 0.1) is 0 Å². The zero-order valence-corrected chi connectivity index (χ0v) is 8.30. The van der Waals surface area contributed by atoms with Crippen molar-refractivity contribution in [1.29, 1.82) is 0 Å². The Bertz CT molecular complexity index is 113. The van der Waals surface area contributed by atoms with Crippen molar-refractivity contribution in [1.82, 2.24) is 5.32 Å². The van der Waals surface area contributed by atoms with Crippen molar-refractivity contribution in [2.24, 2.45) is 0 Å². The maximum atomic E-state index is 9.68. The summed E-state index contributed by atoms with van der Waals surface area (Å²) in [4.78, 5) is 0. The molecule has 3 heteroatoms. The second kappa shape index (κ2) is 5.51. The predicted octanol–water partition coefficient (Wildman–Crippen LogP) is 0.508. The number of hydrogen-bond acceptors (Lipinski definition) is 3. The molecule has 0 saturated heterocycles. The molecule has 0 radical (unpaired) electrons. The summed E-state index contributed by atoms with van der Waals surface area (Å²) in [5.41, 5.74) is -0.635. The summed E-state index contributed by atoms with van der Waals surface area (Å²) >= 11 is 0. The van der Waals surface area contributed by atoms with Gasteiger partial charge >= 0.3 is 0 Å². The van der Waals surface area contributed by atoms with Crippen LogP contribution in [0.5, 0.6) is 0 Å². The van der Waals surface area contributed by atoms with Crippen molar-refractivity contribution in [3.05, 3.63) is 0 Å². The zero-order chi connectivity index (χ0) is 9.61. The molecule has 0 aliphatic rings. The molecule has 0 bridgehead atoms. The molecule has 0 aromatic rings. The highest BCUT2D eigenvalue weighted by atomic mass is 16.3. The van der Waals surface area contributed by atoms with E-state index in [1.54, 1.807) is 6.92 Å². The summed E-state index contributed by atoms with van der Waals surface area (Å²) in [6.07, 6.45) is 1.42. The molecule has 0 fully saturated rings. The van der Waals surface area contributed by atoms with Crippen LogP contribution >= 0.6 is 0 Å². The maximum Gasteiger partial charge on any atom is 0.0743 e. The summed E-state index contributed by atoms with van der Waals surface area (Å²) in [5.74, 6) is 0. The smallest absolute Gasteiger partial charge is 0.0743 e. The Morgan fingerprint density at radius 1 is 1.50 bits per heavy atom. The van der Waals surface area contributed by atoms with Gasteiger partial charge in [0.2, 0.25) is 0 Å². The van der Waals surface area contributed by atoms with Crippen molar-refractivity contribution in [3.8, 4) is 0 Å². The largest absolute Gasteiger partial charge is 0.392 e. The van der Waals surface area contributed by atoms with E-state index >= 15 is 0 Å². The van der Waals surface area contributed by atoms with Gasteiger partial charge in [0.15, 0.2) is 0 Å². The van der Waals surface area contributed by atoms with E-state index in [0.29, 0.717) is 13.1 Å². The second-order valence-corrected chi connectivity index (χ2v) is 3.73. The van der Waals surface area contributed by atoms with Crippen LogP contribution in [0.4, 0.5) is 0 Å². The molecule has 2 atom stereocenters. The molecule has 0 aromatic carbocycles. The van der Waals surface area contributed by atoms with Gasteiger partial charge in [0.1, 0.15) is 0 Å². The van der Waals surface area contributed by atoms with Crippen molar-refractivity contribution in [2.75, 3.05) is 13.1 Å². The molecule has 0 amide bonds. The number of aliphatic hydroxyl groups excluding tert-OH is 1. The lowest BCUT2D eigenvalue weighted by atomic mass is 10.0. The van der Waals surface area contributed by atoms with Gasteiger partial charge in [-0.05, 0) is 20.3 Å². The number of rotatable bonds is 6. The Kier molecular flexibility index (Phi) is 5.46. The molecule has 0 heterocycles. The first-order chi connectivity index (χ1) is 5.48. The van der Waals surface area contributed by atoms with E-state index in [2.05, 4.69) is 5.32 Å². The molecule has 0 aromatic heterocycles. The third-order valence-corrected chi connectivity index (χ3v) is 1.73. The molecular formula is C9H21NO2. The summed E-state index contributed by atoms with van der Waals surface area (Å²) in [7, 11) is 0. The van der Waals surface area contributed by atoms with Gasteiger partial charge in [-0.15, -0.1) is 0 Å². The van der Waals surface area contributed by atoms with Gasteiger partial charge in [0.25, 0.3) is 0 Å². The van der Waals surface area contributed by atoms with E-state index in [1.165, 1.54) is 0 Å². The first-order valence-corrected chi connectivity index (χ1v) is 4.59. The highest BCUT2D eigenvalue weighted by Gasteiger charge is 2.17. The molecule has 2 unspecified atom stereocenters. The van der Waals surface area contributed by atoms with Crippen LogP contribution < -0.4 is 5.32 Å². The standard InChI is InChI=1S/C9H21NO2/c1-4-5-9(3,12)7-10-6-8(2)11/h8,10-12H,4-7H2,1-3H3. The molecule has 3 nitrogen and oxygen atoms in total. The lowest BCUT2D eigenvalue weighted by Gasteiger charge is -2.23. The molecule has 12 heavy (non-hydrogen) atoms. The van der Waals surface area contributed by atoms with E-state index in [4.69, 9.17) is 5.11 Å². The first-order valence-electron chi connectivity index (χ1n) is 4.59. The summed E-state index contributed by atoms with van der Waals surface area (Å²) in [5, 5.41) is 21.6. The predicted molar refractivity (Wildman–Crippen MR) is 50.1 cm³/mol. The lowest BCUT2D eigenvalue weighted by Crippen LogP contribution is -2.40. The first kappa shape index (κ1) is 11.9. The van der Waals surface area contributed by atoms with E-state index in [1.807, 2.05) is 13.8 Å². The molecule has 0 aliphatic carbocycles. The summed E-state index contributed by atoms with van der Waals surface area (Å²) < 4.78 is 0. The molecular weight excluding hydrogens is 154 g/mol. The molecule has 0 saturated carbocycles. The van der Waals surface area contributed by atoms with E-state index in [9.17, 15) is 5.11 Å². The van der Waals surface area contributed by atoms with E-state index in [0.717, 1.165) is 12.8 Å². The Hall–Kier alpha value is -0.120. The van der Waals surface area contributed by atoms with Crippen LogP contribution in [0.15, 0.2) is 0 Å². The van der Waals surface area contributed by atoms with Crippen molar-refractivity contribution in [2.45, 2.75) is 45.3 Å². The Balaban J connectivity index is 3.46. The summed E-state index contributed by atoms with van der Waals surface area (Å²) in [6, 6.07) is 0. The SMILES string of the molecule is CCCC(C)(O)CNCC(C)O. The monoisotopic (exact) mass is 175 g/mol. The highest BCUT2D eigenvalue weighted by molar-refractivity contribution is 4.74. The van der Waals surface area contributed by atoms with Crippen molar-refractivity contribution in [3.63, 3.8) is 0 Å². The maximum absolute atomic E-state index is 9.68. The average Bonchev–Trinajstić information content (AvgIpc) is 1.85. The van der Waals surface area contributed by atoms with Gasteiger partial charge in [-0.3, -0.25) is 0 Å². The molecule has 3 N–H and O–H groups in total. The third kappa shape index (κ3) is 6.58. The topological polar surface area (TPSA) is 52.5 Å². The Morgan fingerprint density at radius 2 is 2.08 bits per heavy atom. The highest BCUT2D eigenvalue weighted by Crippen LogP contribution is 2.09. The normalized spacial score (nSPS) is 18.8. The van der Waals surface area contributed by atoms with Crippen molar-refractivity contribution >= 4 is 0 Å². The number of aliphatic hydroxyl groups is 2. The average molecular weight is 175 g/mol. The van der Waals surface area contributed by atoms with E-state index < -0.39 is 5.60 Å². The van der Waals surface area contributed by atoms with Crippen LogP contribution in [0.25, 0.3) is 0 Å². The minimum absolute atomic E-state index is 0.345. The fraction of sp³-hybridized carbons (Fsp3) is 1.00. The zero-order valence-electron chi connectivity index (χ0n) is 8.30. The van der Waals surface area contributed by atoms with Gasteiger partial charge in [-0.25, -0.2) is 0 Å². The van der Waals surface area contributed by atoms with Gasteiger partial charge in [0, 0.05) is 13.1 Å².